The topological polar surface area (TPSA) is 59.0 Å². The largest absolute Gasteiger partial charge is 0.336 e. The molecule has 5 nitrogen and oxygen atoms in total. The lowest BCUT2D eigenvalue weighted by Gasteiger charge is -2.25. The summed E-state index contributed by atoms with van der Waals surface area (Å²) in [7, 11) is 0. The maximum absolute atomic E-state index is 12.5. The molecular formula is C15H16N4OS. The second-order valence-corrected chi connectivity index (χ2v) is 6.54. The molecule has 2 aromatic heterocycles. The molecule has 0 spiro atoms. The Morgan fingerprint density at radius 2 is 2.29 bits per heavy atom. The number of fused-ring (bicyclic) bond motifs is 3. The summed E-state index contributed by atoms with van der Waals surface area (Å²) in [6.45, 7) is 3.50. The number of amides is 1. The number of carbonyl (C=O) groups excluding carboxylic acids is 1. The van der Waals surface area contributed by atoms with E-state index in [9.17, 15) is 4.79 Å². The molecule has 2 atom stereocenters. The van der Waals surface area contributed by atoms with Crippen LogP contribution < -0.4 is 0 Å². The summed E-state index contributed by atoms with van der Waals surface area (Å²) in [4.78, 5) is 27.5. The minimum atomic E-state index is 0.0537. The number of thiazole rings is 1. The molecular weight excluding hydrogens is 284 g/mol. The van der Waals surface area contributed by atoms with Crippen LogP contribution in [0.4, 0.5) is 0 Å². The molecule has 0 saturated carbocycles. The highest BCUT2D eigenvalue weighted by molar-refractivity contribution is 7.07. The molecule has 0 bridgehead atoms. The molecule has 2 aromatic rings. The lowest BCUT2D eigenvalue weighted by Crippen LogP contribution is -2.29. The van der Waals surface area contributed by atoms with Crippen LogP contribution in [0.2, 0.25) is 0 Å². The molecule has 6 heteroatoms. The van der Waals surface area contributed by atoms with E-state index in [0.29, 0.717) is 17.5 Å². The monoisotopic (exact) mass is 300 g/mol. The van der Waals surface area contributed by atoms with Gasteiger partial charge in [-0.05, 0) is 31.2 Å². The molecule has 2 aliphatic rings. The van der Waals surface area contributed by atoms with E-state index in [1.165, 1.54) is 16.9 Å². The van der Waals surface area contributed by atoms with Crippen molar-refractivity contribution in [1.82, 2.24) is 19.9 Å². The van der Waals surface area contributed by atoms with Gasteiger partial charge in [-0.1, -0.05) is 0 Å². The number of aryl methyl sites for hydroxylation is 2. The van der Waals surface area contributed by atoms with E-state index in [1.807, 2.05) is 23.4 Å². The zero-order valence-corrected chi connectivity index (χ0v) is 12.6. The first kappa shape index (κ1) is 12.9. The number of nitrogens with zero attached hydrogens (tertiary/aromatic N) is 4. The van der Waals surface area contributed by atoms with Gasteiger partial charge in [-0.2, -0.15) is 0 Å². The van der Waals surface area contributed by atoms with Gasteiger partial charge in [0.2, 0.25) is 0 Å². The second kappa shape index (κ2) is 4.87. The third kappa shape index (κ3) is 2.14. The van der Waals surface area contributed by atoms with Gasteiger partial charge in [0.15, 0.2) is 0 Å². The van der Waals surface area contributed by atoms with Crippen molar-refractivity contribution in [3.05, 3.63) is 39.9 Å². The van der Waals surface area contributed by atoms with Crippen molar-refractivity contribution in [1.29, 1.82) is 0 Å². The van der Waals surface area contributed by atoms with E-state index in [0.717, 1.165) is 37.4 Å². The van der Waals surface area contributed by atoms with Crippen LogP contribution in [0.1, 0.15) is 39.9 Å². The Kier molecular flexibility index (Phi) is 2.99. The van der Waals surface area contributed by atoms with Crippen molar-refractivity contribution in [2.45, 2.75) is 25.7 Å². The van der Waals surface area contributed by atoms with Gasteiger partial charge in [0.25, 0.3) is 5.91 Å². The third-order valence-electron chi connectivity index (χ3n) is 4.53. The van der Waals surface area contributed by atoms with Gasteiger partial charge in [0, 0.05) is 30.6 Å². The highest BCUT2D eigenvalue weighted by Crippen LogP contribution is 2.40. The molecule has 1 amide bonds. The van der Waals surface area contributed by atoms with Gasteiger partial charge >= 0.3 is 0 Å². The number of hydrogen-bond acceptors (Lipinski definition) is 5. The average Bonchev–Trinajstić information content (AvgIpc) is 3.15. The van der Waals surface area contributed by atoms with Crippen molar-refractivity contribution >= 4 is 17.2 Å². The molecule has 3 heterocycles. The Hall–Kier alpha value is -1.82. The Labute approximate surface area is 127 Å². The summed E-state index contributed by atoms with van der Waals surface area (Å²) in [6.07, 6.45) is 4.10. The van der Waals surface area contributed by atoms with Gasteiger partial charge in [-0.15, -0.1) is 11.3 Å². The van der Waals surface area contributed by atoms with E-state index < -0.39 is 0 Å². The van der Waals surface area contributed by atoms with Gasteiger partial charge in [0.05, 0.1) is 11.2 Å². The maximum Gasteiger partial charge on any atom is 0.273 e. The summed E-state index contributed by atoms with van der Waals surface area (Å²) >= 11 is 1.46. The van der Waals surface area contributed by atoms with Crippen LogP contribution in [0.15, 0.2) is 17.1 Å². The fourth-order valence-corrected chi connectivity index (χ4v) is 4.01. The first-order valence-electron chi connectivity index (χ1n) is 7.22. The van der Waals surface area contributed by atoms with Crippen LogP contribution in [0.25, 0.3) is 0 Å². The van der Waals surface area contributed by atoms with Gasteiger partial charge in [0.1, 0.15) is 11.5 Å². The van der Waals surface area contributed by atoms with Crippen molar-refractivity contribution in [3.8, 4) is 0 Å². The molecule has 0 unspecified atom stereocenters. The normalized spacial score (nSPS) is 23.8. The zero-order chi connectivity index (χ0) is 14.4. The summed E-state index contributed by atoms with van der Waals surface area (Å²) < 4.78 is 0. The van der Waals surface area contributed by atoms with Crippen LogP contribution in [0, 0.1) is 12.8 Å². The van der Waals surface area contributed by atoms with Gasteiger partial charge in [-0.25, -0.2) is 15.0 Å². The maximum atomic E-state index is 12.5. The summed E-state index contributed by atoms with van der Waals surface area (Å²) in [5, 5.41) is 1.82. The Morgan fingerprint density at radius 1 is 1.38 bits per heavy atom. The second-order valence-electron chi connectivity index (χ2n) is 5.82. The number of rotatable bonds is 1. The Morgan fingerprint density at radius 3 is 3.10 bits per heavy atom. The lowest BCUT2D eigenvalue weighted by atomic mass is 9.80. The molecule has 4 rings (SSSR count). The zero-order valence-electron chi connectivity index (χ0n) is 11.8. The SMILES string of the molecule is Cc1ncc2c(n1)[C@H]1CN(C(=O)c3cscn3)C[C@H]1CC2. The standard InChI is InChI=1S/C15H16N4OS/c1-9-16-4-10-2-3-11-5-19(6-12(11)14(10)18-9)15(20)13-7-21-8-17-13/h4,7-8,11-12H,2-3,5-6H2,1H3/t11-,12+/m1/s1. The minimum absolute atomic E-state index is 0.0537. The number of carbonyl (C=O) groups is 1. The minimum Gasteiger partial charge on any atom is -0.336 e. The lowest BCUT2D eigenvalue weighted by molar-refractivity contribution is 0.0781. The molecule has 1 aliphatic carbocycles. The van der Waals surface area contributed by atoms with E-state index in [4.69, 9.17) is 0 Å². The summed E-state index contributed by atoms with van der Waals surface area (Å²) in [5.74, 6) is 1.75. The predicted molar refractivity (Wildman–Crippen MR) is 79.3 cm³/mol. The van der Waals surface area contributed by atoms with Crippen molar-refractivity contribution in [2.24, 2.45) is 5.92 Å². The van der Waals surface area contributed by atoms with Crippen molar-refractivity contribution in [3.63, 3.8) is 0 Å². The third-order valence-corrected chi connectivity index (χ3v) is 5.12. The highest BCUT2D eigenvalue weighted by atomic mass is 32.1. The first-order valence-corrected chi connectivity index (χ1v) is 8.16. The smallest absolute Gasteiger partial charge is 0.273 e. The highest BCUT2D eigenvalue weighted by Gasteiger charge is 2.40. The first-order chi connectivity index (χ1) is 10.2. The molecule has 108 valence electrons. The van der Waals surface area contributed by atoms with Crippen LogP contribution >= 0.6 is 11.3 Å². The fourth-order valence-electron chi connectivity index (χ4n) is 3.49. The van der Waals surface area contributed by atoms with Crippen molar-refractivity contribution < 1.29 is 4.79 Å². The van der Waals surface area contributed by atoms with Crippen molar-refractivity contribution in [2.75, 3.05) is 13.1 Å². The molecule has 1 saturated heterocycles. The van der Waals surface area contributed by atoms with E-state index in [1.54, 1.807) is 5.51 Å². The number of aromatic nitrogens is 3. The van der Waals surface area contributed by atoms with E-state index >= 15 is 0 Å². The number of likely N-dealkylation sites (tertiary alicyclic amines) is 1. The fraction of sp³-hybridized carbons (Fsp3) is 0.467. The number of hydrogen-bond donors (Lipinski definition) is 0. The molecule has 0 radical (unpaired) electrons. The molecule has 1 aliphatic heterocycles. The van der Waals surface area contributed by atoms with Gasteiger partial charge in [-0.3, -0.25) is 4.79 Å². The Balaban J connectivity index is 1.62. The van der Waals surface area contributed by atoms with Crippen LogP contribution in [-0.2, 0) is 6.42 Å². The van der Waals surface area contributed by atoms with Crippen LogP contribution in [-0.4, -0.2) is 38.8 Å². The van der Waals surface area contributed by atoms with Crippen LogP contribution in [0.3, 0.4) is 0 Å². The predicted octanol–water partition coefficient (Wildman–Crippen LogP) is 2.04. The van der Waals surface area contributed by atoms with Gasteiger partial charge < -0.3 is 4.90 Å². The Bertz CT molecular complexity index is 685. The van der Waals surface area contributed by atoms with Crippen LogP contribution in [0.5, 0.6) is 0 Å². The van der Waals surface area contributed by atoms with E-state index in [2.05, 4.69) is 15.0 Å². The molecule has 21 heavy (non-hydrogen) atoms. The molecule has 0 aromatic carbocycles. The molecule has 0 N–H and O–H groups in total. The summed E-state index contributed by atoms with van der Waals surface area (Å²) in [6, 6.07) is 0. The quantitative estimate of drug-likeness (QED) is 0.808. The average molecular weight is 300 g/mol. The molecule has 1 fully saturated rings. The van der Waals surface area contributed by atoms with E-state index in [-0.39, 0.29) is 5.91 Å². The summed E-state index contributed by atoms with van der Waals surface area (Å²) in [5.41, 5.74) is 4.69.